The Hall–Kier alpha value is -1.89. The van der Waals surface area contributed by atoms with Gasteiger partial charge in [0.1, 0.15) is 5.01 Å². The van der Waals surface area contributed by atoms with Crippen molar-refractivity contribution >= 4 is 39.2 Å². The number of rotatable bonds is 8. The van der Waals surface area contributed by atoms with Gasteiger partial charge in [-0.25, -0.2) is 4.98 Å². The second kappa shape index (κ2) is 9.16. The number of carbonyl (C=O) groups excluding carboxylic acids is 1. The van der Waals surface area contributed by atoms with Gasteiger partial charge in [0.25, 0.3) is 0 Å². The molecule has 0 radical (unpaired) electrons. The van der Waals surface area contributed by atoms with Crippen LogP contribution in [-0.4, -0.2) is 41.7 Å². The number of benzene rings is 2. The molecule has 0 saturated heterocycles. The lowest BCUT2D eigenvalue weighted by Crippen LogP contribution is -2.37. The first-order chi connectivity index (χ1) is 12.6. The predicted molar refractivity (Wildman–Crippen MR) is 111 cm³/mol. The van der Waals surface area contributed by atoms with E-state index in [-0.39, 0.29) is 11.9 Å². The molecule has 0 spiro atoms. The molecule has 1 amide bonds. The molecule has 2 aromatic carbocycles. The van der Waals surface area contributed by atoms with E-state index in [4.69, 9.17) is 4.98 Å². The normalized spacial score (nSPS) is 12.4. The fraction of sp³-hybridized carbons (Fsp3) is 0.300. The first-order valence-corrected chi connectivity index (χ1v) is 10.4. The summed E-state index contributed by atoms with van der Waals surface area (Å²) >= 11 is 3.44. The van der Waals surface area contributed by atoms with Gasteiger partial charge < -0.3 is 5.32 Å². The summed E-state index contributed by atoms with van der Waals surface area (Å²) in [6.07, 6.45) is 0. The van der Waals surface area contributed by atoms with Gasteiger partial charge in [0.2, 0.25) is 5.91 Å². The van der Waals surface area contributed by atoms with E-state index in [0.29, 0.717) is 13.1 Å². The number of thioether (sulfide) groups is 1. The maximum Gasteiger partial charge on any atom is 0.234 e. The Morgan fingerprint density at radius 2 is 1.92 bits per heavy atom. The van der Waals surface area contributed by atoms with Crippen LogP contribution < -0.4 is 5.32 Å². The van der Waals surface area contributed by atoms with Gasteiger partial charge in [0.05, 0.1) is 22.8 Å². The minimum absolute atomic E-state index is 0.0501. The average molecular weight is 386 g/mol. The molecule has 136 valence electrons. The van der Waals surface area contributed by atoms with E-state index >= 15 is 0 Å². The molecule has 26 heavy (non-hydrogen) atoms. The van der Waals surface area contributed by atoms with Gasteiger partial charge in [-0.3, -0.25) is 9.69 Å². The number of hydrogen-bond donors (Lipinski definition) is 1. The summed E-state index contributed by atoms with van der Waals surface area (Å²) in [5.41, 5.74) is 1.02. The van der Waals surface area contributed by atoms with Crippen molar-refractivity contribution < 1.29 is 4.79 Å². The molecule has 1 heterocycles. The molecule has 3 rings (SSSR count). The molecule has 0 aliphatic carbocycles. The lowest BCUT2D eigenvalue weighted by atomic mass is 10.3. The molecule has 1 atom stereocenters. The number of likely N-dealkylation sites (N-methyl/N-ethyl adjacent to an activating group) is 1. The standard InChI is InChI=1S/C20H23N3OS2/c1-15(20-22-17-10-6-7-11-18(17)26-20)23(2)14-19(24)21-12-13-25-16-8-4-3-5-9-16/h3-11,15H,12-14H2,1-2H3,(H,21,24)/t15-/m1/s1. The minimum Gasteiger partial charge on any atom is -0.354 e. The molecular weight excluding hydrogens is 362 g/mol. The number of para-hydroxylation sites is 1. The van der Waals surface area contributed by atoms with Crippen molar-refractivity contribution in [3.8, 4) is 0 Å². The maximum atomic E-state index is 12.2. The summed E-state index contributed by atoms with van der Waals surface area (Å²) in [6, 6.07) is 18.5. The zero-order valence-corrected chi connectivity index (χ0v) is 16.6. The highest BCUT2D eigenvalue weighted by atomic mass is 32.2. The first kappa shape index (κ1) is 18.9. The molecule has 3 aromatic rings. The Labute approximate surface area is 162 Å². The highest BCUT2D eigenvalue weighted by Crippen LogP contribution is 2.28. The number of hydrogen-bond acceptors (Lipinski definition) is 5. The van der Waals surface area contributed by atoms with Crippen LogP contribution in [-0.2, 0) is 4.79 Å². The largest absolute Gasteiger partial charge is 0.354 e. The van der Waals surface area contributed by atoms with Crippen LogP contribution in [0.4, 0.5) is 0 Å². The SMILES string of the molecule is C[C@H](c1nc2ccccc2s1)N(C)CC(=O)NCCSc1ccccc1. The fourth-order valence-electron chi connectivity index (χ4n) is 2.55. The van der Waals surface area contributed by atoms with Crippen LogP contribution in [0.15, 0.2) is 59.5 Å². The maximum absolute atomic E-state index is 12.2. The zero-order valence-electron chi connectivity index (χ0n) is 15.0. The van der Waals surface area contributed by atoms with E-state index in [9.17, 15) is 4.79 Å². The molecule has 6 heteroatoms. The lowest BCUT2D eigenvalue weighted by Gasteiger charge is -2.22. The Morgan fingerprint density at radius 3 is 2.69 bits per heavy atom. The van der Waals surface area contributed by atoms with Crippen molar-refractivity contribution in [2.24, 2.45) is 0 Å². The Kier molecular flexibility index (Phi) is 6.66. The summed E-state index contributed by atoms with van der Waals surface area (Å²) in [4.78, 5) is 20.1. The third kappa shape index (κ3) is 5.06. The van der Waals surface area contributed by atoms with Gasteiger partial charge in [-0.15, -0.1) is 23.1 Å². The fourth-order valence-corrected chi connectivity index (χ4v) is 4.43. The summed E-state index contributed by atoms with van der Waals surface area (Å²) in [5, 5.41) is 4.04. The van der Waals surface area contributed by atoms with Crippen LogP contribution in [0.5, 0.6) is 0 Å². The topological polar surface area (TPSA) is 45.2 Å². The van der Waals surface area contributed by atoms with E-state index in [1.807, 2.05) is 48.3 Å². The highest BCUT2D eigenvalue weighted by Gasteiger charge is 2.18. The van der Waals surface area contributed by atoms with Gasteiger partial charge in [-0.2, -0.15) is 0 Å². The minimum atomic E-state index is 0.0501. The van der Waals surface area contributed by atoms with Crippen molar-refractivity contribution in [1.29, 1.82) is 0 Å². The van der Waals surface area contributed by atoms with Gasteiger partial charge in [-0.1, -0.05) is 30.3 Å². The second-order valence-electron chi connectivity index (χ2n) is 6.12. The third-order valence-corrected chi connectivity index (χ3v) is 6.38. The summed E-state index contributed by atoms with van der Waals surface area (Å²) < 4.78 is 1.19. The smallest absolute Gasteiger partial charge is 0.234 e. The monoisotopic (exact) mass is 385 g/mol. The summed E-state index contributed by atoms with van der Waals surface area (Å²) in [7, 11) is 1.97. The molecule has 0 fully saturated rings. The van der Waals surface area contributed by atoms with E-state index < -0.39 is 0 Å². The highest BCUT2D eigenvalue weighted by molar-refractivity contribution is 7.99. The number of fused-ring (bicyclic) bond motifs is 1. The van der Waals surface area contributed by atoms with Crippen LogP contribution in [0.25, 0.3) is 10.2 Å². The lowest BCUT2D eigenvalue weighted by molar-refractivity contribution is -0.122. The van der Waals surface area contributed by atoms with Gasteiger partial charge in [-0.05, 0) is 38.2 Å². The van der Waals surface area contributed by atoms with Crippen LogP contribution in [0.2, 0.25) is 0 Å². The Balaban J connectivity index is 1.44. The summed E-state index contributed by atoms with van der Waals surface area (Å²) in [6.45, 7) is 3.13. The second-order valence-corrected chi connectivity index (χ2v) is 8.35. The third-order valence-electron chi connectivity index (χ3n) is 4.16. The predicted octanol–water partition coefficient (Wildman–Crippen LogP) is 4.20. The Morgan fingerprint density at radius 1 is 1.19 bits per heavy atom. The number of nitrogens with one attached hydrogen (secondary N) is 1. The van der Waals surface area contributed by atoms with E-state index in [1.54, 1.807) is 23.1 Å². The van der Waals surface area contributed by atoms with Crippen molar-refractivity contribution in [3.05, 3.63) is 59.6 Å². The van der Waals surface area contributed by atoms with Crippen LogP contribution in [0.1, 0.15) is 18.0 Å². The average Bonchev–Trinajstić information content (AvgIpc) is 3.09. The van der Waals surface area contributed by atoms with Crippen molar-refractivity contribution in [2.75, 3.05) is 25.9 Å². The van der Waals surface area contributed by atoms with Crippen LogP contribution >= 0.6 is 23.1 Å². The summed E-state index contributed by atoms with van der Waals surface area (Å²) in [5.74, 6) is 0.918. The molecular formula is C20H23N3OS2. The number of aromatic nitrogens is 1. The molecule has 4 nitrogen and oxygen atoms in total. The van der Waals surface area contributed by atoms with Crippen molar-refractivity contribution in [1.82, 2.24) is 15.2 Å². The number of thiazole rings is 1. The number of carbonyl (C=O) groups is 1. The first-order valence-electron chi connectivity index (χ1n) is 8.64. The molecule has 0 saturated carbocycles. The van der Waals surface area contributed by atoms with Gasteiger partial charge in [0, 0.05) is 17.2 Å². The van der Waals surface area contributed by atoms with Crippen molar-refractivity contribution in [2.45, 2.75) is 17.9 Å². The molecule has 0 aliphatic rings. The van der Waals surface area contributed by atoms with E-state index in [0.717, 1.165) is 16.3 Å². The molecule has 1 N–H and O–H groups in total. The van der Waals surface area contributed by atoms with Crippen LogP contribution in [0, 0.1) is 0 Å². The van der Waals surface area contributed by atoms with Crippen LogP contribution in [0.3, 0.4) is 0 Å². The van der Waals surface area contributed by atoms with E-state index in [1.165, 1.54) is 9.60 Å². The molecule has 0 unspecified atom stereocenters. The van der Waals surface area contributed by atoms with Gasteiger partial charge >= 0.3 is 0 Å². The zero-order chi connectivity index (χ0) is 18.4. The molecule has 0 aliphatic heterocycles. The Bertz CT molecular complexity index is 817. The van der Waals surface area contributed by atoms with E-state index in [2.05, 4.69) is 30.4 Å². The van der Waals surface area contributed by atoms with Crippen molar-refractivity contribution in [3.63, 3.8) is 0 Å². The molecule has 0 bridgehead atoms. The number of nitrogens with zero attached hydrogens (tertiary/aromatic N) is 2. The quantitative estimate of drug-likeness (QED) is 0.466. The molecule has 1 aromatic heterocycles. The van der Waals surface area contributed by atoms with Gasteiger partial charge in [0.15, 0.2) is 0 Å². The number of amides is 1.